The lowest BCUT2D eigenvalue weighted by Gasteiger charge is -2.30. The molecule has 0 aromatic carbocycles. The lowest BCUT2D eigenvalue weighted by Crippen LogP contribution is -2.48. The number of amides is 1. The first-order chi connectivity index (χ1) is 8.77. The highest BCUT2D eigenvalue weighted by Gasteiger charge is 2.23. The molecule has 1 atom stereocenters. The average Bonchev–Trinajstić information content (AvgIpc) is 2.46. The Hall–Kier alpha value is -0.610. The molecule has 2 aliphatic heterocycles. The van der Waals surface area contributed by atoms with E-state index in [9.17, 15) is 4.79 Å². The number of rotatable bonds is 4. The van der Waals surface area contributed by atoms with Crippen LogP contribution in [-0.2, 0) is 9.53 Å². The molecule has 0 aromatic rings. The van der Waals surface area contributed by atoms with Crippen molar-refractivity contribution >= 4 is 5.91 Å². The summed E-state index contributed by atoms with van der Waals surface area (Å²) in [6.07, 6.45) is 5.85. The van der Waals surface area contributed by atoms with Crippen LogP contribution in [0.1, 0.15) is 39.0 Å². The van der Waals surface area contributed by atoms with E-state index in [-0.39, 0.29) is 11.9 Å². The Balaban J connectivity index is 1.69. The molecular formula is C14H26N2O2. The molecular weight excluding hydrogens is 228 g/mol. The van der Waals surface area contributed by atoms with Gasteiger partial charge >= 0.3 is 0 Å². The van der Waals surface area contributed by atoms with Crippen molar-refractivity contribution in [3.8, 4) is 0 Å². The zero-order valence-corrected chi connectivity index (χ0v) is 11.5. The molecule has 4 nitrogen and oxygen atoms in total. The Labute approximate surface area is 110 Å². The standard InChI is InChI=1S/C14H26N2O2/c1-12(14(17)16-7-3-2-4-8-16)15-11-13-5-9-18-10-6-13/h12-13,15H,2-11H2,1H3. The van der Waals surface area contributed by atoms with Gasteiger partial charge in [0.25, 0.3) is 0 Å². The molecule has 0 bridgehead atoms. The van der Waals surface area contributed by atoms with E-state index in [4.69, 9.17) is 4.74 Å². The van der Waals surface area contributed by atoms with Crippen LogP contribution in [-0.4, -0.2) is 49.7 Å². The van der Waals surface area contributed by atoms with Crippen LogP contribution in [0.2, 0.25) is 0 Å². The summed E-state index contributed by atoms with van der Waals surface area (Å²) in [4.78, 5) is 14.2. The highest BCUT2D eigenvalue weighted by atomic mass is 16.5. The molecule has 0 radical (unpaired) electrons. The topological polar surface area (TPSA) is 41.6 Å². The number of carbonyl (C=O) groups is 1. The number of hydrogen-bond acceptors (Lipinski definition) is 3. The summed E-state index contributed by atoms with van der Waals surface area (Å²) in [5.74, 6) is 0.956. The largest absolute Gasteiger partial charge is 0.381 e. The molecule has 0 saturated carbocycles. The van der Waals surface area contributed by atoms with Crippen LogP contribution < -0.4 is 5.32 Å². The summed E-state index contributed by atoms with van der Waals surface area (Å²) in [7, 11) is 0. The van der Waals surface area contributed by atoms with Gasteiger partial charge in [-0.1, -0.05) is 0 Å². The third kappa shape index (κ3) is 3.95. The van der Waals surface area contributed by atoms with E-state index < -0.39 is 0 Å². The summed E-state index contributed by atoms with van der Waals surface area (Å²) >= 11 is 0. The van der Waals surface area contributed by atoms with Crippen molar-refractivity contribution in [3.63, 3.8) is 0 Å². The second kappa shape index (κ2) is 7.10. The number of nitrogens with zero attached hydrogens (tertiary/aromatic N) is 1. The Kier molecular flexibility index (Phi) is 5.45. The van der Waals surface area contributed by atoms with Crippen molar-refractivity contribution in [1.82, 2.24) is 10.2 Å². The third-order valence-corrected chi connectivity index (χ3v) is 4.09. The van der Waals surface area contributed by atoms with Crippen molar-refractivity contribution in [2.75, 3.05) is 32.8 Å². The molecule has 1 N–H and O–H groups in total. The number of carbonyl (C=O) groups excluding carboxylic acids is 1. The summed E-state index contributed by atoms with van der Waals surface area (Å²) < 4.78 is 5.35. The zero-order chi connectivity index (χ0) is 12.8. The summed E-state index contributed by atoms with van der Waals surface area (Å²) in [6, 6.07) is -0.0362. The number of ether oxygens (including phenoxy) is 1. The molecule has 18 heavy (non-hydrogen) atoms. The molecule has 4 heteroatoms. The van der Waals surface area contributed by atoms with E-state index in [0.29, 0.717) is 5.92 Å². The van der Waals surface area contributed by atoms with Crippen molar-refractivity contribution in [3.05, 3.63) is 0 Å². The van der Waals surface area contributed by atoms with Crippen LogP contribution >= 0.6 is 0 Å². The fourth-order valence-electron chi connectivity index (χ4n) is 2.77. The summed E-state index contributed by atoms with van der Waals surface area (Å²) in [5.41, 5.74) is 0. The average molecular weight is 254 g/mol. The molecule has 2 aliphatic rings. The van der Waals surface area contributed by atoms with Gasteiger partial charge in [-0.25, -0.2) is 0 Å². The van der Waals surface area contributed by atoms with Gasteiger partial charge in [0.1, 0.15) is 0 Å². The highest BCUT2D eigenvalue weighted by molar-refractivity contribution is 5.81. The maximum absolute atomic E-state index is 12.2. The van der Waals surface area contributed by atoms with Crippen LogP contribution in [0.25, 0.3) is 0 Å². The lowest BCUT2D eigenvalue weighted by atomic mass is 10.00. The predicted molar refractivity (Wildman–Crippen MR) is 71.4 cm³/mol. The first-order valence-corrected chi connectivity index (χ1v) is 7.37. The minimum Gasteiger partial charge on any atom is -0.381 e. The minimum absolute atomic E-state index is 0.0362. The third-order valence-electron chi connectivity index (χ3n) is 4.09. The van der Waals surface area contributed by atoms with Crippen molar-refractivity contribution < 1.29 is 9.53 Å². The first kappa shape index (κ1) is 13.8. The monoisotopic (exact) mass is 254 g/mol. The molecule has 2 fully saturated rings. The fraction of sp³-hybridized carbons (Fsp3) is 0.929. The number of hydrogen-bond donors (Lipinski definition) is 1. The van der Waals surface area contributed by atoms with Gasteiger partial charge < -0.3 is 15.0 Å². The Morgan fingerprint density at radius 2 is 1.94 bits per heavy atom. The molecule has 1 amide bonds. The molecule has 2 heterocycles. The van der Waals surface area contributed by atoms with Gasteiger partial charge in [-0.2, -0.15) is 0 Å². The highest BCUT2D eigenvalue weighted by Crippen LogP contribution is 2.14. The number of likely N-dealkylation sites (tertiary alicyclic amines) is 1. The van der Waals surface area contributed by atoms with E-state index in [0.717, 1.165) is 45.7 Å². The van der Waals surface area contributed by atoms with Gasteiger partial charge in [-0.05, 0) is 51.5 Å². The van der Waals surface area contributed by atoms with Crippen molar-refractivity contribution in [2.45, 2.75) is 45.1 Å². The van der Waals surface area contributed by atoms with Crippen LogP contribution in [0.15, 0.2) is 0 Å². The fourth-order valence-corrected chi connectivity index (χ4v) is 2.77. The van der Waals surface area contributed by atoms with Gasteiger partial charge in [0, 0.05) is 26.3 Å². The zero-order valence-electron chi connectivity index (χ0n) is 11.5. The maximum Gasteiger partial charge on any atom is 0.239 e. The van der Waals surface area contributed by atoms with Gasteiger partial charge in [-0.15, -0.1) is 0 Å². The number of nitrogens with one attached hydrogen (secondary N) is 1. The van der Waals surface area contributed by atoms with E-state index in [2.05, 4.69) is 5.32 Å². The SMILES string of the molecule is CC(NCC1CCOCC1)C(=O)N1CCCCC1. The predicted octanol–water partition coefficient (Wildman–Crippen LogP) is 1.40. The second-order valence-corrected chi connectivity index (χ2v) is 5.57. The van der Waals surface area contributed by atoms with Gasteiger partial charge in [0.15, 0.2) is 0 Å². The van der Waals surface area contributed by atoms with Crippen molar-refractivity contribution in [2.24, 2.45) is 5.92 Å². The van der Waals surface area contributed by atoms with E-state index in [1.165, 1.54) is 19.3 Å². The first-order valence-electron chi connectivity index (χ1n) is 7.37. The van der Waals surface area contributed by atoms with Gasteiger partial charge in [0.05, 0.1) is 6.04 Å². The van der Waals surface area contributed by atoms with Crippen molar-refractivity contribution in [1.29, 1.82) is 0 Å². The Morgan fingerprint density at radius 1 is 1.28 bits per heavy atom. The second-order valence-electron chi connectivity index (χ2n) is 5.57. The molecule has 1 unspecified atom stereocenters. The summed E-state index contributed by atoms with van der Waals surface area (Å²) in [5, 5.41) is 3.40. The minimum atomic E-state index is -0.0362. The maximum atomic E-state index is 12.2. The summed E-state index contributed by atoms with van der Waals surface area (Å²) in [6.45, 7) is 6.59. The van der Waals surface area contributed by atoms with Crippen LogP contribution in [0.4, 0.5) is 0 Å². The smallest absolute Gasteiger partial charge is 0.239 e. The van der Waals surface area contributed by atoms with Gasteiger partial charge in [0.2, 0.25) is 5.91 Å². The molecule has 104 valence electrons. The van der Waals surface area contributed by atoms with Crippen LogP contribution in [0.3, 0.4) is 0 Å². The quantitative estimate of drug-likeness (QED) is 0.824. The molecule has 0 aliphatic carbocycles. The Bertz CT molecular complexity index is 259. The molecule has 0 spiro atoms. The lowest BCUT2D eigenvalue weighted by molar-refractivity contribution is -0.134. The van der Waals surface area contributed by atoms with Gasteiger partial charge in [-0.3, -0.25) is 4.79 Å². The Morgan fingerprint density at radius 3 is 2.61 bits per heavy atom. The molecule has 0 aromatic heterocycles. The van der Waals surface area contributed by atoms with E-state index in [1.54, 1.807) is 0 Å². The normalized spacial score (nSPS) is 23.9. The molecule has 2 rings (SSSR count). The van der Waals surface area contributed by atoms with E-state index in [1.807, 2.05) is 11.8 Å². The van der Waals surface area contributed by atoms with Crippen LogP contribution in [0.5, 0.6) is 0 Å². The molecule has 2 saturated heterocycles. The number of piperidine rings is 1. The van der Waals surface area contributed by atoms with Crippen LogP contribution in [0, 0.1) is 5.92 Å². The van der Waals surface area contributed by atoms with E-state index >= 15 is 0 Å².